The summed E-state index contributed by atoms with van der Waals surface area (Å²) in [5.41, 5.74) is 1.72. The van der Waals surface area contributed by atoms with Crippen LogP contribution in [0.1, 0.15) is 21.5 Å². The molecule has 0 fully saturated rings. The minimum absolute atomic E-state index is 0.0177. The number of nitro groups is 2. The highest BCUT2D eigenvalue weighted by atomic mass is 16.6. The van der Waals surface area contributed by atoms with Gasteiger partial charge in [0.15, 0.2) is 5.84 Å². The molecule has 33 heavy (non-hydrogen) atoms. The average molecular weight is 447 g/mol. The molecule has 0 spiro atoms. The molecule has 164 valence electrons. The van der Waals surface area contributed by atoms with E-state index in [1.54, 1.807) is 36.4 Å². The van der Waals surface area contributed by atoms with Gasteiger partial charge in [0.05, 0.1) is 34.0 Å². The summed E-state index contributed by atoms with van der Waals surface area (Å²) in [6.07, 6.45) is 4.26. The average Bonchev–Trinajstić information content (AvgIpc) is 3.33. The summed E-state index contributed by atoms with van der Waals surface area (Å²) in [7, 11) is 0. The molecular weight excluding hydrogens is 434 g/mol. The molecule has 1 N–H and O–H groups in total. The maximum absolute atomic E-state index is 13.3. The number of furan rings is 1. The number of amides is 2. The first-order valence-electron chi connectivity index (χ1n) is 9.31. The molecule has 4 rings (SSSR count). The van der Waals surface area contributed by atoms with Gasteiger partial charge in [0.2, 0.25) is 0 Å². The summed E-state index contributed by atoms with van der Waals surface area (Å²) in [5, 5.41) is 23.2. The Hall–Kier alpha value is -5.13. The van der Waals surface area contributed by atoms with Gasteiger partial charge in [0.1, 0.15) is 5.70 Å². The van der Waals surface area contributed by atoms with Gasteiger partial charge in [-0.05, 0) is 12.1 Å². The van der Waals surface area contributed by atoms with E-state index in [4.69, 9.17) is 4.42 Å². The van der Waals surface area contributed by atoms with Gasteiger partial charge in [-0.25, -0.2) is 4.99 Å². The van der Waals surface area contributed by atoms with E-state index in [2.05, 4.69) is 10.4 Å². The molecule has 12 nitrogen and oxygen atoms in total. The summed E-state index contributed by atoms with van der Waals surface area (Å²) < 4.78 is 4.98. The number of hydrogen-bond acceptors (Lipinski definition) is 8. The molecule has 0 unspecified atom stereocenters. The van der Waals surface area contributed by atoms with Crippen molar-refractivity contribution >= 4 is 35.1 Å². The Labute approximate surface area is 184 Å². The number of aliphatic imine (C=N–C) groups is 1. The maximum Gasteiger partial charge on any atom is 0.288 e. The number of carbonyl (C=O) groups excluding carboxylic acids is 2. The van der Waals surface area contributed by atoms with E-state index in [0.717, 1.165) is 23.2 Å². The first-order chi connectivity index (χ1) is 15.8. The van der Waals surface area contributed by atoms with Crippen molar-refractivity contribution in [3.8, 4) is 0 Å². The van der Waals surface area contributed by atoms with Crippen molar-refractivity contribution in [1.29, 1.82) is 0 Å². The van der Waals surface area contributed by atoms with Crippen molar-refractivity contribution in [1.82, 2.24) is 10.4 Å². The third-order valence-corrected chi connectivity index (χ3v) is 4.54. The van der Waals surface area contributed by atoms with Gasteiger partial charge in [-0.1, -0.05) is 30.3 Å². The van der Waals surface area contributed by atoms with Crippen molar-refractivity contribution in [2.45, 2.75) is 0 Å². The van der Waals surface area contributed by atoms with Crippen molar-refractivity contribution in [2.24, 2.45) is 4.99 Å². The lowest BCUT2D eigenvalue weighted by Crippen LogP contribution is -2.53. The van der Waals surface area contributed by atoms with Gasteiger partial charge in [-0.2, -0.15) is 5.01 Å². The van der Waals surface area contributed by atoms with Crippen LogP contribution in [0, 0.1) is 20.2 Å². The molecule has 0 aliphatic carbocycles. The molecule has 2 amide bonds. The Morgan fingerprint density at radius 3 is 2.27 bits per heavy atom. The minimum Gasteiger partial charge on any atom is -0.472 e. The van der Waals surface area contributed by atoms with Gasteiger partial charge in [-0.3, -0.25) is 35.2 Å². The summed E-state index contributed by atoms with van der Waals surface area (Å²) in [4.78, 5) is 50.9. The maximum atomic E-state index is 13.3. The molecule has 0 atom stereocenters. The van der Waals surface area contributed by atoms with Gasteiger partial charge in [0, 0.05) is 23.3 Å². The molecule has 0 bridgehead atoms. The molecule has 3 aromatic rings. The zero-order chi connectivity index (χ0) is 23.5. The molecule has 1 aliphatic rings. The second-order valence-corrected chi connectivity index (χ2v) is 6.72. The van der Waals surface area contributed by atoms with Crippen molar-refractivity contribution in [3.63, 3.8) is 0 Å². The summed E-state index contributed by atoms with van der Waals surface area (Å²) in [6, 6.07) is 12.5. The van der Waals surface area contributed by atoms with Crippen LogP contribution in [0.4, 0.5) is 11.4 Å². The predicted molar refractivity (Wildman–Crippen MR) is 114 cm³/mol. The Bertz CT molecular complexity index is 1300. The lowest BCUT2D eigenvalue weighted by molar-refractivity contribution is -0.394. The van der Waals surface area contributed by atoms with Gasteiger partial charge in [0.25, 0.3) is 23.2 Å². The van der Waals surface area contributed by atoms with E-state index < -0.39 is 33.0 Å². The van der Waals surface area contributed by atoms with E-state index in [-0.39, 0.29) is 17.1 Å². The Balaban J connectivity index is 1.82. The lowest BCUT2D eigenvalue weighted by atomic mass is 10.1. The number of nitrogens with zero attached hydrogens (tertiary/aromatic N) is 4. The van der Waals surface area contributed by atoms with Crippen LogP contribution in [0.2, 0.25) is 0 Å². The van der Waals surface area contributed by atoms with Gasteiger partial charge >= 0.3 is 0 Å². The molecule has 2 aromatic carbocycles. The monoisotopic (exact) mass is 447 g/mol. The van der Waals surface area contributed by atoms with Gasteiger partial charge < -0.3 is 4.42 Å². The number of hydrazine groups is 1. The highest BCUT2D eigenvalue weighted by molar-refractivity contribution is 6.18. The fraction of sp³-hybridized carbons (Fsp3) is 0. The standard InChI is InChI=1S/C21H13N5O7/c27-20-18(8-13-6-7-33-12-13)22-19(14-4-2-1-3-5-14)24(23-20)21(28)15-9-16(25(29)30)11-17(10-15)26(31)32/h1-12H,(H,23,27)/b18-8+. The first kappa shape index (κ1) is 21.1. The van der Waals surface area contributed by atoms with Crippen LogP contribution in [0.3, 0.4) is 0 Å². The second kappa shape index (κ2) is 8.55. The third kappa shape index (κ3) is 4.34. The lowest BCUT2D eigenvalue weighted by Gasteiger charge is -2.28. The van der Waals surface area contributed by atoms with Crippen LogP contribution in [0.15, 0.2) is 82.2 Å². The molecule has 1 aliphatic heterocycles. The molecule has 0 saturated heterocycles. The van der Waals surface area contributed by atoms with E-state index in [0.29, 0.717) is 11.1 Å². The Kier molecular flexibility index (Phi) is 5.47. The number of rotatable bonds is 5. The summed E-state index contributed by atoms with van der Waals surface area (Å²) in [5.74, 6) is -1.66. The predicted octanol–water partition coefficient (Wildman–Crippen LogP) is 3.07. The van der Waals surface area contributed by atoms with Crippen LogP contribution in [-0.2, 0) is 4.79 Å². The fourth-order valence-corrected chi connectivity index (χ4v) is 3.03. The van der Waals surface area contributed by atoms with Crippen LogP contribution in [0.5, 0.6) is 0 Å². The molecule has 0 saturated carbocycles. The first-order valence-corrected chi connectivity index (χ1v) is 9.31. The smallest absolute Gasteiger partial charge is 0.288 e. The highest BCUT2D eigenvalue weighted by Crippen LogP contribution is 2.25. The topological polar surface area (TPSA) is 161 Å². The number of benzene rings is 2. The zero-order valence-electron chi connectivity index (χ0n) is 16.6. The quantitative estimate of drug-likeness (QED) is 0.357. The van der Waals surface area contributed by atoms with Crippen LogP contribution < -0.4 is 5.43 Å². The molecule has 12 heteroatoms. The largest absolute Gasteiger partial charge is 0.472 e. The van der Waals surface area contributed by atoms with E-state index in [1.165, 1.54) is 18.6 Å². The van der Waals surface area contributed by atoms with E-state index in [1.807, 2.05) is 0 Å². The van der Waals surface area contributed by atoms with Crippen LogP contribution >= 0.6 is 0 Å². The van der Waals surface area contributed by atoms with Crippen LogP contribution in [-0.4, -0.2) is 32.5 Å². The number of amidine groups is 1. The summed E-state index contributed by atoms with van der Waals surface area (Å²) >= 11 is 0. The Morgan fingerprint density at radius 2 is 1.70 bits per heavy atom. The normalized spacial score (nSPS) is 14.5. The van der Waals surface area contributed by atoms with Crippen molar-refractivity contribution in [2.75, 3.05) is 0 Å². The Morgan fingerprint density at radius 1 is 1.03 bits per heavy atom. The fourth-order valence-electron chi connectivity index (χ4n) is 3.03. The SMILES string of the molecule is O=C1NN(C(=O)c2cc([N+](=O)[O-])cc([N+](=O)[O-])c2)C(c2ccccc2)=N/C1=C/c1ccoc1. The molecule has 1 aromatic heterocycles. The van der Waals surface area contributed by atoms with Crippen molar-refractivity contribution < 1.29 is 23.9 Å². The second-order valence-electron chi connectivity index (χ2n) is 6.72. The zero-order valence-corrected chi connectivity index (χ0v) is 16.6. The molecule has 2 heterocycles. The summed E-state index contributed by atoms with van der Waals surface area (Å²) in [6.45, 7) is 0. The van der Waals surface area contributed by atoms with Crippen molar-refractivity contribution in [3.05, 3.63) is 110 Å². The number of non-ortho nitro benzene ring substituents is 2. The number of nitrogens with one attached hydrogen (secondary N) is 1. The molecular formula is C21H13N5O7. The number of nitro benzene ring substituents is 2. The molecule has 0 radical (unpaired) electrons. The van der Waals surface area contributed by atoms with E-state index >= 15 is 0 Å². The van der Waals surface area contributed by atoms with Crippen LogP contribution in [0.25, 0.3) is 6.08 Å². The highest BCUT2D eigenvalue weighted by Gasteiger charge is 2.32. The number of hydrogen-bond donors (Lipinski definition) is 1. The third-order valence-electron chi connectivity index (χ3n) is 4.54. The minimum atomic E-state index is -0.944. The van der Waals surface area contributed by atoms with Gasteiger partial charge in [-0.15, -0.1) is 0 Å². The van der Waals surface area contributed by atoms with E-state index in [9.17, 15) is 29.8 Å². The number of carbonyl (C=O) groups is 2.